The van der Waals surface area contributed by atoms with Crippen molar-refractivity contribution in [2.75, 3.05) is 0 Å². The minimum absolute atomic E-state index is 0.438. The van der Waals surface area contributed by atoms with E-state index in [0.29, 0.717) is 6.07 Å². The number of aromatic hydroxyl groups is 1. The summed E-state index contributed by atoms with van der Waals surface area (Å²) < 4.78 is 48.4. The average molecular weight is 210 g/mol. The summed E-state index contributed by atoms with van der Waals surface area (Å²) in [7, 11) is 0. The number of hydrogen-bond donors (Lipinski definition) is 2. The van der Waals surface area contributed by atoms with Crippen molar-refractivity contribution in [3.8, 4) is 5.75 Å². The Bertz CT molecular complexity index is 335. The van der Waals surface area contributed by atoms with E-state index in [1.165, 1.54) is 0 Å². The second kappa shape index (κ2) is 3.45. The van der Waals surface area contributed by atoms with Crippen LogP contribution in [0.4, 0.5) is 17.6 Å². The van der Waals surface area contributed by atoms with E-state index in [9.17, 15) is 17.6 Å². The number of aliphatic hydroxyl groups is 1. The van der Waals surface area contributed by atoms with Crippen molar-refractivity contribution in [2.24, 2.45) is 0 Å². The summed E-state index contributed by atoms with van der Waals surface area (Å²) >= 11 is 0. The van der Waals surface area contributed by atoms with Crippen molar-refractivity contribution in [1.82, 2.24) is 0 Å². The van der Waals surface area contributed by atoms with E-state index in [1.807, 2.05) is 0 Å². The fourth-order valence-corrected chi connectivity index (χ4v) is 0.882. The fraction of sp³-hybridized carbons (Fsp3) is 0.250. The van der Waals surface area contributed by atoms with Gasteiger partial charge in [-0.05, 0) is 17.7 Å². The standard InChI is InChI=1S/C8H6F4O2/c9-5-3-4(1-2-6(5)13)7(14)8(10,11)12/h1-3,7,13-14H/t7-/m0/s1. The number of rotatable bonds is 1. The molecule has 0 fully saturated rings. The molecule has 0 heterocycles. The average Bonchev–Trinajstić information content (AvgIpc) is 2.07. The van der Waals surface area contributed by atoms with Crippen molar-refractivity contribution in [3.63, 3.8) is 0 Å². The summed E-state index contributed by atoms with van der Waals surface area (Å²) in [6.45, 7) is 0. The zero-order valence-corrected chi connectivity index (χ0v) is 6.72. The molecule has 0 amide bonds. The molecule has 6 heteroatoms. The zero-order chi connectivity index (χ0) is 10.9. The molecule has 0 aliphatic rings. The second-order valence-corrected chi connectivity index (χ2v) is 2.65. The summed E-state index contributed by atoms with van der Waals surface area (Å²) in [5, 5.41) is 17.4. The third-order valence-corrected chi connectivity index (χ3v) is 1.60. The maximum absolute atomic E-state index is 12.6. The number of halogens is 4. The molecular formula is C8H6F4O2. The summed E-state index contributed by atoms with van der Waals surface area (Å²) in [6.07, 6.45) is -7.58. The summed E-state index contributed by atoms with van der Waals surface area (Å²) in [4.78, 5) is 0. The van der Waals surface area contributed by atoms with Crippen molar-refractivity contribution >= 4 is 0 Å². The summed E-state index contributed by atoms with van der Waals surface area (Å²) in [5.74, 6) is -1.96. The van der Waals surface area contributed by atoms with E-state index in [0.717, 1.165) is 12.1 Å². The molecule has 0 saturated carbocycles. The molecular weight excluding hydrogens is 204 g/mol. The van der Waals surface area contributed by atoms with Crippen LogP contribution in [0.2, 0.25) is 0 Å². The Labute approximate surface area is 76.4 Å². The van der Waals surface area contributed by atoms with Crippen LogP contribution in [0.1, 0.15) is 11.7 Å². The Balaban J connectivity index is 3.03. The van der Waals surface area contributed by atoms with E-state index >= 15 is 0 Å². The highest BCUT2D eigenvalue weighted by Gasteiger charge is 2.39. The van der Waals surface area contributed by atoms with Crippen molar-refractivity contribution in [3.05, 3.63) is 29.6 Å². The van der Waals surface area contributed by atoms with E-state index in [4.69, 9.17) is 10.2 Å². The molecule has 0 bridgehead atoms. The van der Waals surface area contributed by atoms with Gasteiger partial charge in [0.25, 0.3) is 0 Å². The highest BCUT2D eigenvalue weighted by atomic mass is 19.4. The molecule has 0 unspecified atom stereocenters. The van der Waals surface area contributed by atoms with Gasteiger partial charge in [0.05, 0.1) is 0 Å². The summed E-state index contributed by atoms with van der Waals surface area (Å²) in [5.41, 5.74) is -0.646. The molecule has 14 heavy (non-hydrogen) atoms. The first-order chi connectivity index (χ1) is 6.32. The van der Waals surface area contributed by atoms with Crippen LogP contribution in [0.15, 0.2) is 18.2 Å². The molecule has 0 spiro atoms. The van der Waals surface area contributed by atoms with E-state index in [2.05, 4.69) is 0 Å². The van der Waals surface area contributed by atoms with Crippen molar-refractivity contribution in [1.29, 1.82) is 0 Å². The van der Waals surface area contributed by atoms with E-state index < -0.39 is 29.4 Å². The Morgan fingerprint density at radius 1 is 1.21 bits per heavy atom. The minimum Gasteiger partial charge on any atom is -0.505 e. The SMILES string of the molecule is Oc1ccc([C@H](O)C(F)(F)F)cc1F. The fourth-order valence-electron chi connectivity index (χ4n) is 0.882. The van der Waals surface area contributed by atoms with Gasteiger partial charge in [-0.3, -0.25) is 0 Å². The lowest BCUT2D eigenvalue weighted by Gasteiger charge is -2.14. The van der Waals surface area contributed by atoms with Crippen LogP contribution < -0.4 is 0 Å². The molecule has 0 aliphatic heterocycles. The second-order valence-electron chi connectivity index (χ2n) is 2.65. The first-order valence-electron chi connectivity index (χ1n) is 3.55. The Kier molecular flexibility index (Phi) is 2.66. The van der Waals surface area contributed by atoms with E-state index in [-0.39, 0.29) is 0 Å². The van der Waals surface area contributed by atoms with Gasteiger partial charge in [0, 0.05) is 0 Å². The largest absolute Gasteiger partial charge is 0.505 e. The van der Waals surface area contributed by atoms with Crippen LogP contribution in [0, 0.1) is 5.82 Å². The third-order valence-electron chi connectivity index (χ3n) is 1.60. The van der Waals surface area contributed by atoms with Gasteiger partial charge in [0.15, 0.2) is 17.7 Å². The van der Waals surface area contributed by atoms with E-state index in [1.54, 1.807) is 0 Å². The number of hydrogen-bond acceptors (Lipinski definition) is 2. The minimum atomic E-state index is -4.84. The Hall–Kier alpha value is -1.30. The molecule has 1 aromatic rings. The van der Waals surface area contributed by atoms with Gasteiger partial charge in [0.2, 0.25) is 0 Å². The lowest BCUT2D eigenvalue weighted by Crippen LogP contribution is -2.20. The van der Waals surface area contributed by atoms with Gasteiger partial charge in [-0.15, -0.1) is 0 Å². The zero-order valence-electron chi connectivity index (χ0n) is 6.72. The molecule has 2 N–H and O–H groups in total. The van der Waals surface area contributed by atoms with Crippen molar-refractivity contribution in [2.45, 2.75) is 12.3 Å². The number of phenols is 1. The number of alkyl halides is 3. The predicted octanol–water partition coefficient (Wildman–Crippen LogP) is 2.13. The topological polar surface area (TPSA) is 40.5 Å². The quantitative estimate of drug-likeness (QED) is 0.697. The van der Waals surface area contributed by atoms with Crippen LogP contribution in [0.5, 0.6) is 5.75 Å². The Morgan fingerprint density at radius 3 is 2.21 bits per heavy atom. The number of aliphatic hydroxyl groups excluding tert-OH is 1. The van der Waals surface area contributed by atoms with Crippen LogP contribution >= 0.6 is 0 Å². The Morgan fingerprint density at radius 2 is 1.79 bits per heavy atom. The highest BCUT2D eigenvalue weighted by molar-refractivity contribution is 5.29. The molecule has 1 aromatic carbocycles. The maximum atomic E-state index is 12.6. The molecule has 0 aliphatic carbocycles. The monoisotopic (exact) mass is 210 g/mol. The molecule has 2 nitrogen and oxygen atoms in total. The molecule has 78 valence electrons. The van der Waals surface area contributed by atoms with Crippen LogP contribution in [-0.4, -0.2) is 16.4 Å². The normalized spacial score (nSPS) is 14.1. The predicted molar refractivity (Wildman–Crippen MR) is 39.1 cm³/mol. The van der Waals surface area contributed by atoms with Crippen LogP contribution in [0.3, 0.4) is 0 Å². The van der Waals surface area contributed by atoms with Gasteiger partial charge >= 0.3 is 6.18 Å². The van der Waals surface area contributed by atoms with Gasteiger partial charge in [-0.1, -0.05) is 6.07 Å². The number of benzene rings is 1. The molecule has 0 saturated heterocycles. The van der Waals surface area contributed by atoms with Gasteiger partial charge in [-0.2, -0.15) is 13.2 Å². The van der Waals surface area contributed by atoms with Gasteiger partial charge < -0.3 is 10.2 Å². The molecule has 0 aromatic heterocycles. The van der Waals surface area contributed by atoms with Crippen LogP contribution in [0.25, 0.3) is 0 Å². The first kappa shape index (κ1) is 10.8. The lowest BCUT2D eigenvalue weighted by molar-refractivity contribution is -0.206. The van der Waals surface area contributed by atoms with Gasteiger partial charge in [0.1, 0.15) is 0 Å². The van der Waals surface area contributed by atoms with Crippen molar-refractivity contribution < 1.29 is 27.8 Å². The smallest absolute Gasteiger partial charge is 0.418 e. The van der Waals surface area contributed by atoms with Gasteiger partial charge in [-0.25, -0.2) is 4.39 Å². The maximum Gasteiger partial charge on any atom is 0.418 e. The third kappa shape index (κ3) is 2.14. The first-order valence-corrected chi connectivity index (χ1v) is 3.55. The summed E-state index contributed by atoms with van der Waals surface area (Å²) in [6, 6.07) is 1.99. The number of phenolic OH excluding ortho intramolecular Hbond substituents is 1. The highest BCUT2D eigenvalue weighted by Crippen LogP contribution is 2.33. The van der Waals surface area contributed by atoms with Crippen LogP contribution in [-0.2, 0) is 0 Å². The molecule has 1 rings (SSSR count). The lowest BCUT2D eigenvalue weighted by atomic mass is 10.1. The molecule has 1 atom stereocenters. The molecule has 0 radical (unpaired) electrons.